The molecule has 3 heterocycles. The molecular weight excluding hydrogens is 308 g/mol. The highest BCUT2D eigenvalue weighted by Crippen LogP contribution is 2.42. The summed E-state index contributed by atoms with van der Waals surface area (Å²) in [6.07, 6.45) is 0. The second-order valence-corrected chi connectivity index (χ2v) is 7.06. The number of carboxylic acids is 1. The van der Waals surface area contributed by atoms with Gasteiger partial charge in [0.15, 0.2) is 0 Å². The number of aromatic nitrogens is 2. The summed E-state index contributed by atoms with van der Waals surface area (Å²) in [5.74, 6) is -0.206. The molecule has 7 heteroatoms. The molecule has 0 unspecified atom stereocenters. The van der Waals surface area contributed by atoms with E-state index in [1.54, 1.807) is 11.0 Å². The Morgan fingerprint density at radius 1 is 1.33 bits per heavy atom. The largest absolute Gasteiger partial charge is 0.481 e. The van der Waals surface area contributed by atoms with Gasteiger partial charge in [-0.25, -0.2) is 4.98 Å². The minimum absolute atomic E-state index is 0.0240. The van der Waals surface area contributed by atoms with E-state index < -0.39 is 11.4 Å². The van der Waals surface area contributed by atoms with Crippen molar-refractivity contribution in [3.8, 4) is 0 Å². The highest BCUT2D eigenvalue weighted by Gasteiger charge is 2.57. The van der Waals surface area contributed by atoms with Gasteiger partial charge in [0.25, 0.3) is 5.91 Å². The SMILES string of the molecule is Cc1nc2c(C(=O)N3C[C@@H]4CN(C)C[C@]4(C(=O)O)C3)cccc2[nH]1. The molecule has 7 nitrogen and oxygen atoms in total. The van der Waals surface area contributed by atoms with E-state index in [2.05, 4.69) is 9.97 Å². The van der Waals surface area contributed by atoms with Gasteiger partial charge >= 0.3 is 5.97 Å². The maximum Gasteiger partial charge on any atom is 0.313 e. The number of nitrogens with zero attached hydrogens (tertiary/aromatic N) is 3. The Kier molecular flexibility index (Phi) is 3.18. The standard InChI is InChI=1S/C17H20N4O3/c1-10-18-13-5-3-4-12(14(13)19-10)15(22)21-7-11-6-20(2)8-17(11,9-21)16(23)24/h3-5,11H,6-9H2,1-2H3,(H,18,19)(H,23,24)/t11-,17-/m0/s1. The number of imidazole rings is 1. The number of nitrogens with one attached hydrogen (secondary N) is 1. The van der Waals surface area contributed by atoms with E-state index in [1.807, 2.05) is 31.0 Å². The van der Waals surface area contributed by atoms with Gasteiger partial charge in [0.05, 0.1) is 11.1 Å². The summed E-state index contributed by atoms with van der Waals surface area (Å²) < 4.78 is 0. The number of hydrogen-bond acceptors (Lipinski definition) is 4. The fourth-order valence-corrected chi connectivity index (χ4v) is 4.27. The Labute approximate surface area is 139 Å². The Morgan fingerprint density at radius 2 is 2.12 bits per heavy atom. The minimum atomic E-state index is -0.847. The van der Waals surface area contributed by atoms with Gasteiger partial charge in [0.1, 0.15) is 16.8 Å². The van der Waals surface area contributed by atoms with Crippen LogP contribution in [0, 0.1) is 18.3 Å². The monoisotopic (exact) mass is 328 g/mol. The van der Waals surface area contributed by atoms with Crippen LogP contribution in [0.25, 0.3) is 11.0 Å². The number of H-pyrrole nitrogens is 1. The highest BCUT2D eigenvalue weighted by atomic mass is 16.4. The van der Waals surface area contributed by atoms with Gasteiger partial charge in [-0.3, -0.25) is 9.59 Å². The molecule has 2 aromatic rings. The third-order valence-corrected chi connectivity index (χ3v) is 5.35. The summed E-state index contributed by atoms with van der Waals surface area (Å²) >= 11 is 0. The van der Waals surface area contributed by atoms with Crippen molar-refractivity contribution < 1.29 is 14.7 Å². The minimum Gasteiger partial charge on any atom is -0.481 e. The first kappa shape index (κ1) is 15.1. The number of carbonyl (C=O) groups is 2. The van der Waals surface area contributed by atoms with Crippen LogP contribution >= 0.6 is 0 Å². The van der Waals surface area contributed by atoms with E-state index in [0.29, 0.717) is 30.7 Å². The molecule has 0 radical (unpaired) electrons. The zero-order chi connectivity index (χ0) is 17.1. The van der Waals surface area contributed by atoms with Crippen molar-refractivity contribution >= 4 is 22.9 Å². The average molecular weight is 328 g/mol. The summed E-state index contributed by atoms with van der Waals surface area (Å²) in [7, 11) is 1.93. The van der Waals surface area contributed by atoms with E-state index in [0.717, 1.165) is 11.3 Å². The van der Waals surface area contributed by atoms with Crippen LogP contribution in [0.4, 0.5) is 0 Å². The van der Waals surface area contributed by atoms with E-state index >= 15 is 0 Å². The van der Waals surface area contributed by atoms with Crippen molar-refractivity contribution in [3.05, 3.63) is 29.6 Å². The van der Waals surface area contributed by atoms with E-state index in [9.17, 15) is 14.7 Å². The third-order valence-electron chi connectivity index (χ3n) is 5.35. The third kappa shape index (κ3) is 2.04. The first-order valence-electron chi connectivity index (χ1n) is 8.07. The zero-order valence-corrected chi connectivity index (χ0v) is 13.7. The number of para-hydroxylation sites is 1. The van der Waals surface area contributed by atoms with E-state index in [4.69, 9.17) is 0 Å². The molecule has 1 aromatic carbocycles. The van der Waals surface area contributed by atoms with Crippen molar-refractivity contribution in [2.24, 2.45) is 11.3 Å². The lowest BCUT2D eigenvalue weighted by Gasteiger charge is -2.24. The van der Waals surface area contributed by atoms with Crippen LogP contribution < -0.4 is 0 Å². The van der Waals surface area contributed by atoms with Crippen molar-refractivity contribution in [2.75, 3.05) is 33.2 Å². The number of rotatable bonds is 2. The van der Waals surface area contributed by atoms with Crippen LogP contribution in [-0.4, -0.2) is 70.0 Å². The van der Waals surface area contributed by atoms with Crippen LogP contribution in [0.5, 0.6) is 0 Å². The molecule has 2 atom stereocenters. The number of carbonyl (C=O) groups excluding carboxylic acids is 1. The molecule has 0 saturated carbocycles. The fourth-order valence-electron chi connectivity index (χ4n) is 4.27. The van der Waals surface area contributed by atoms with Crippen LogP contribution in [0.2, 0.25) is 0 Å². The summed E-state index contributed by atoms with van der Waals surface area (Å²) in [4.78, 5) is 36.2. The molecular formula is C17H20N4O3. The van der Waals surface area contributed by atoms with Gasteiger partial charge < -0.3 is 19.9 Å². The van der Waals surface area contributed by atoms with Crippen LogP contribution in [0.3, 0.4) is 0 Å². The molecule has 0 bridgehead atoms. The maximum atomic E-state index is 13.0. The zero-order valence-electron chi connectivity index (χ0n) is 13.7. The lowest BCUT2D eigenvalue weighted by Crippen LogP contribution is -2.41. The average Bonchev–Trinajstić information content (AvgIpc) is 3.14. The molecule has 1 amide bonds. The van der Waals surface area contributed by atoms with Gasteiger partial charge in [-0.1, -0.05) is 6.07 Å². The lowest BCUT2D eigenvalue weighted by molar-refractivity contribution is -0.148. The molecule has 2 aliphatic rings. The van der Waals surface area contributed by atoms with Crippen molar-refractivity contribution in [1.29, 1.82) is 0 Å². The molecule has 4 rings (SSSR count). The van der Waals surface area contributed by atoms with Gasteiger partial charge in [-0.2, -0.15) is 0 Å². The summed E-state index contributed by atoms with van der Waals surface area (Å²) in [6, 6.07) is 5.47. The smallest absolute Gasteiger partial charge is 0.313 e. The number of aromatic amines is 1. The van der Waals surface area contributed by atoms with Crippen molar-refractivity contribution in [3.63, 3.8) is 0 Å². The van der Waals surface area contributed by atoms with Crippen LogP contribution in [0.1, 0.15) is 16.2 Å². The molecule has 24 heavy (non-hydrogen) atoms. The Morgan fingerprint density at radius 3 is 2.83 bits per heavy atom. The number of aliphatic carboxylic acids is 1. The Bertz CT molecular complexity index is 845. The topological polar surface area (TPSA) is 89.5 Å². The van der Waals surface area contributed by atoms with Gasteiger partial charge in [-0.05, 0) is 26.1 Å². The highest BCUT2D eigenvalue weighted by molar-refractivity contribution is 6.05. The van der Waals surface area contributed by atoms with Crippen LogP contribution in [-0.2, 0) is 4.79 Å². The molecule has 0 aliphatic carbocycles. The normalized spacial score (nSPS) is 26.9. The number of fused-ring (bicyclic) bond motifs is 2. The molecule has 2 aliphatic heterocycles. The van der Waals surface area contributed by atoms with Gasteiger partial charge in [-0.15, -0.1) is 0 Å². The molecule has 126 valence electrons. The summed E-state index contributed by atoms with van der Waals surface area (Å²) in [5, 5.41) is 9.76. The first-order chi connectivity index (χ1) is 11.4. The Balaban J connectivity index is 1.68. The molecule has 2 N–H and O–H groups in total. The predicted octanol–water partition coefficient (Wildman–Crippen LogP) is 0.960. The number of aryl methyl sites for hydroxylation is 1. The van der Waals surface area contributed by atoms with Crippen molar-refractivity contribution in [2.45, 2.75) is 6.92 Å². The van der Waals surface area contributed by atoms with Crippen molar-refractivity contribution in [1.82, 2.24) is 19.8 Å². The number of hydrogen-bond donors (Lipinski definition) is 2. The maximum absolute atomic E-state index is 13.0. The predicted molar refractivity (Wildman–Crippen MR) is 87.8 cm³/mol. The molecule has 2 fully saturated rings. The van der Waals surface area contributed by atoms with Gasteiger partial charge in [0, 0.05) is 32.1 Å². The van der Waals surface area contributed by atoms with E-state index in [-0.39, 0.29) is 18.4 Å². The number of carboxylic acid groups (broad SMARTS) is 1. The molecule has 0 spiro atoms. The summed E-state index contributed by atoms with van der Waals surface area (Å²) in [6.45, 7) is 3.79. The molecule has 1 aromatic heterocycles. The fraction of sp³-hybridized carbons (Fsp3) is 0.471. The Hall–Kier alpha value is -2.41. The number of likely N-dealkylation sites (tertiary alicyclic amines) is 2. The van der Waals surface area contributed by atoms with E-state index in [1.165, 1.54) is 0 Å². The number of amides is 1. The molecule has 2 saturated heterocycles. The first-order valence-corrected chi connectivity index (χ1v) is 8.07. The lowest BCUT2D eigenvalue weighted by atomic mass is 9.81. The van der Waals surface area contributed by atoms with Gasteiger partial charge in [0.2, 0.25) is 0 Å². The second kappa shape index (κ2) is 5.04. The number of benzene rings is 1. The van der Waals surface area contributed by atoms with Crippen LogP contribution in [0.15, 0.2) is 18.2 Å². The summed E-state index contributed by atoms with van der Waals surface area (Å²) in [5.41, 5.74) is 1.16. The second-order valence-electron chi connectivity index (χ2n) is 7.06. The quantitative estimate of drug-likeness (QED) is 0.857.